The molecule has 0 amide bonds. The Kier molecular flexibility index (Phi) is 4.71. The molecule has 0 radical (unpaired) electrons. The molecule has 6 nitrogen and oxygen atoms in total. The summed E-state index contributed by atoms with van der Waals surface area (Å²) in [5.74, 6) is -0.509. The number of aryl methyl sites for hydroxylation is 1. The summed E-state index contributed by atoms with van der Waals surface area (Å²) >= 11 is 1.40. The average molecular weight is 326 g/mol. The Morgan fingerprint density at radius 2 is 2.00 bits per heavy atom. The highest BCUT2D eigenvalue weighted by atomic mass is 32.2. The van der Waals surface area contributed by atoms with Crippen LogP contribution in [-0.4, -0.2) is 26.5 Å². The highest BCUT2D eigenvalue weighted by Gasteiger charge is 2.15. The number of nitrogens with one attached hydrogen (secondary N) is 1. The lowest BCUT2D eigenvalue weighted by Crippen LogP contribution is -2.23. The highest BCUT2D eigenvalue weighted by molar-refractivity contribution is 7.89. The van der Waals surface area contributed by atoms with E-state index in [1.807, 2.05) is 12.3 Å². The zero-order valence-electron chi connectivity index (χ0n) is 11.5. The third kappa shape index (κ3) is 3.87. The SMILES string of the molecule is COC(=O)c1ccc(S(=O)(=O)NCc2nc(C)cs2)cc1. The number of rotatable bonds is 5. The minimum Gasteiger partial charge on any atom is -0.465 e. The van der Waals surface area contributed by atoms with E-state index in [9.17, 15) is 13.2 Å². The summed E-state index contributed by atoms with van der Waals surface area (Å²) < 4.78 is 31.3. The lowest BCUT2D eigenvalue weighted by molar-refractivity contribution is 0.0600. The molecule has 21 heavy (non-hydrogen) atoms. The molecule has 0 saturated heterocycles. The van der Waals surface area contributed by atoms with E-state index in [1.54, 1.807) is 0 Å². The molecule has 0 unspecified atom stereocenters. The number of esters is 1. The first-order valence-corrected chi connectivity index (χ1v) is 8.38. The van der Waals surface area contributed by atoms with Gasteiger partial charge in [-0.1, -0.05) is 0 Å². The number of thiazole rings is 1. The average Bonchev–Trinajstić information content (AvgIpc) is 2.90. The quantitative estimate of drug-likeness (QED) is 0.846. The van der Waals surface area contributed by atoms with Crippen LogP contribution in [0.4, 0.5) is 0 Å². The van der Waals surface area contributed by atoms with Gasteiger partial charge < -0.3 is 4.74 Å². The van der Waals surface area contributed by atoms with Crippen LogP contribution in [0.1, 0.15) is 21.1 Å². The molecular formula is C13H14N2O4S2. The molecule has 1 heterocycles. The van der Waals surface area contributed by atoms with E-state index in [1.165, 1.54) is 42.7 Å². The zero-order valence-corrected chi connectivity index (χ0v) is 13.1. The van der Waals surface area contributed by atoms with Crippen molar-refractivity contribution in [3.63, 3.8) is 0 Å². The standard InChI is InChI=1S/C13H14N2O4S2/c1-9-8-20-12(15-9)7-14-21(17,18)11-5-3-10(4-6-11)13(16)19-2/h3-6,8,14H,7H2,1-2H3. The Morgan fingerprint density at radius 1 is 1.33 bits per heavy atom. The van der Waals surface area contributed by atoms with Gasteiger partial charge in [0.25, 0.3) is 0 Å². The van der Waals surface area contributed by atoms with Crippen molar-refractivity contribution >= 4 is 27.3 Å². The molecule has 2 aromatic rings. The lowest BCUT2D eigenvalue weighted by Gasteiger charge is -2.06. The number of carbonyl (C=O) groups is 1. The second kappa shape index (κ2) is 6.33. The van der Waals surface area contributed by atoms with E-state index in [-0.39, 0.29) is 11.4 Å². The van der Waals surface area contributed by atoms with E-state index in [4.69, 9.17) is 0 Å². The van der Waals surface area contributed by atoms with Gasteiger partial charge in [-0.3, -0.25) is 0 Å². The van der Waals surface area contributed by atoms with Gasteiger partial charge >= 0.3 is 5.97 Å². The molecule has 1 aromatic heterocycles. The molecule has 0 atom stereocenters. The smallest absolute Gasteiger partial charge is 0.337 e. The summed E-state index contributed by atoms with van der Waals surface area (Å²) in [5, 5.41) is 2.55. The number of benzene rings is 1. The summed E-state index contributed by atoms with van der Waals surface area (Å²) in [7, 11) is -2.37. The number of hydrogen-bond donors (Lipinski definition) is 1. The fourth-order valence-electron chi connectivity index (χ4n) is 1.61. The molecule has 0 aliphatic carbocycles. The predicted octanol–water partition coefficient (Wildman–Crippen LogP) is 1.72. The first-order valence-electron chi connectivity index (χ1n) is 6.01. The minimum atomic E-state index is -3.63. The number of nitrogens with zero attached hydrogens (tertiary/aromatic N) is 1. The molecule has 0 aliphatic rings. The van der Waals surface area contributed by atoms with Gasteiger partial charge in [-0.2, -0.15) is 0 Å². The fraction of sp³-hybridized carbons (Fsp3) is 0.231. The summed E-state index contributed by atoms with van der Waals surface area (Å²) in [5.41, 5.74) is 1.16. The van der Waals surface area contributed by atoms with Gasteiger partial charge in [0.05, 0.1) is 24.1 Å². The van der Waals surface area contributed by atoms with E-state index >= 15 is 0 Å². The maximum Gasteiger partial charge on any atom is 0.337 e. The largest absolute Gasteiger partial charge is 0.465 e. The summed E-state index contributed by atoms with van der Waals surface area (Å²) in [4.78, 5) is 15.6. The number of methoxy groups -OCH3 is 1. The second-order valence-corrected chi connectivity index (χ2v) is 6.93. The van der Waals surface area contributed by atoms with Crippen molar-refractivity contribution in [2.75, 3.05) is 7.11 Å². The van der Waals surface area contributed by atoms with Gasteiger partial charge in [0.1, 0.15) is 5.01 Å². The Hall–Kier alpha value is -1.77. The van der Waals surface area contributed by atoms with Crippen LogP contribution in [0, 0.1) is 6.92 Å². The maximum absolute atomic E-state index is 12.1. The minimum absolute atomic E-state index is 0.0865. The summed E-state index contributed by atoms with van der Waals surface area (Å²) in [6.07, 6.45) is 0. The predicted molar refractivity (Wildman–Crippen MR) is 78.7 cm³/mol. The summed E-state index contributed by atoms with van der Waals surface area (Å²) in [6.45, 7) is 1.99. The fourth-order valence-corrected chi connectivity index (χ4v) is 3.40. The Balaban J connectivity index is 2.10. The Bertz CT molecular complexity index is 736. The highest BCUT2D eigenvalue weighted by Crippen LogP contribution is 2.13. The molecule has 0 saturated carbocycles. The third-order valence-corrected chi connectivity index (χ3v) is 5.05. The van der Waals surface area contributed by atoms with Crippen molar-refractivity contribution in [1.82, 2.24) is 9.71 Å². The van der Waals surface area contributed by atoms with Gasteiger partial charge in [-0.15, -0.1) is 11.3 Å². The van der Waals surface area contributed by atoms with Gasteiger partial charge in [0, 0.05) is 11.1 Å². The van der Waals surface area contributed by atoms with Crippen molar-refractivity contribution in [2.45, 2.75) is 18.4 Å². The molecule has 0 fully saturated rings. The first kappa shape index (κ1) is 15.6. The third-order valence-electron chi connectivity index (χ3n) is 2.67. The van der Waals surface area contributed by atoms with Gasteiger partial charge in [0.2, 0.25) is 10.0 Å². The van der Waals surface area contributed by atoms with Crippen LogP contribution in [0.15, 0.2) is 34.5 Å². The van der Waals surface area contributed by atoms with Crippen LogP contribution in [0.3, 0.4) is 0 Å². The Morgan fingerprint density at radius 3 is 2.52 bits per heavy atom. The normalized spacial score (nSPS) is 11.3. The van der Waals surface area contributed by atoms with Gasteiger partial charge in [-0.05, 0) is 31.2 Å². The molecule has 0 aliphatic heterocycles. The number of carbonyl (C=O) groups excluding carboxylic acids is 1. The number of ether oxygens (including phenoxy) is 1. The Labute approximate surface area is 126 Å². The molecule has 1 N–H and O–H groups in total. The zero-order chi connectivity index (χ0) is 15.5. The van der Waals surface area contributed by atoms with Crippen molar-refractivity contribution in [3.05, 3.63) is 45.9 Å². The van der Waals surface area contributed by atoms with Crippen LogP contribution in [-0.2, 0) is 21.3 Å². The lowest BCUT2D eigenvalue weighted by atomic mass is 10.2. The molecule has 0 bridgehead atoms. The van der Waals surface area contributed by atoms with Gasteiger partial charge in [-0.25, -0.2) is 22.9 Å². The first-order chi connectivity index (χ1) is 9.92. The van der Waals surface area contributed by atoms with Crippen LogP contribution < -0.4 is 4.72 Å². The summed E-state index contributed by atoms with van der Waals surface area (Å²) in [6, 6.07) is 5.55. The van der Waals surface area contributed by atoms with E-state index in [0.717, 1.165) is 5.69 Å². The number of sulfonamides is 1. The molecule has 0 spiro atoms. The molecule has 8 heteroatoms. The number of hydrogen-bond acceptors (Lipinski definition) is 6. The molecule has 112 valence electrons. The topological polar surface area (TPSA) is 85.4 Å². The van der Waals surface area contributed by atoms with Gasteiger partial charge in [0.15, 0.2) is 0 Å². The van der Waals surface area contributed by atoms with Crippen molar-refractivity contribution < 1.29 is 17.9 Å². The van der Waals surface area contributed by atoms with Crippen LogP contribution in [0.5, 0.6) is 0 Å². The number of aromatic nitrogens is 1. The van der Waals surface area contributed by atoms with E-state index < -0.39 is 16.0 Å². The maximum atomic E-state index is 12.1. The molecule has 1 aromatic carbocycles. The van der Waals surface area contributed by atoms with E-state index in [2.05, 4.69) is 14.4 Å². The molecule has 2 rings (SSSR count). The van der Waals surface area contributed by atoms with E-state index in [0.29, 0.717) is 10.6 Å². The van der Waals surface area contributed by atoms with Crippen molar-refractivity contribution in [2.24, 2.45) is 0 Å². The van der Waals surface area contributed by atoms with Crippen LogP contribution >= 0.6 is 11.3 Å². The molecular weight excluding hydrogens is 312 g/mol. The van der Waals surface area contributed by atoms with Crippen LogP contribution in [0.2, 0.25) is 0 Å². The monoisotopic (exact) mass is 326 g/mol. The van der Waals surface area contributed by atoms with Crippen molar-refractivity contribution in [3.8, 4) is 0 Å². The van der Waals surface area contributed by atoms with Crippen molar-refractivity contribution in [1.29, 1.82) is 0 Å². The van der Waals surface area contributed by atoms with Crippen LogP contribution in [0.25, 0.3) is 0 Å². The second-order valence-electron chi connectivity index (χ2n) is 4.22.